The monoisotopic (exact) mass is 388 g/mol. The van der Waals surface area contributed by atoms with Gasteiger partial charge in [0.2, 0.25) is 5.91 Å². The van der Waals surface area contributed by atoms with Gasteiger partial charge in [-0.1, -0.05) is 19.1 Å². The van der Waals surface area contributed by atoms with Gasteiger partial charge in [-0.3, -0.25) is 14.9 Å². The van der Waals surface area contributed by atoms with Crippen LogP contribution in [0.5, 0.6) is 0 Å². The predicted octanol–water partition coefficient (Wildman–Crippen LogP) is 3.75. The Morgan fingerprint density at radius 1 is 1.33 bits per heavy atom. The average molecular weight is 388 g/mol. The Morgan fingerprint density at radius 2 is 2.04 bits per heavy atom. The van der Waals surface area contributed by atoms with Gasteiger partial charge in [-0.25, -0.2) is 4.79 Å². The standard InChI is InChI=1S/C19H20N2O5S/c1-11-3-8-14-15(9-11)27-18(17(14)19(23)26-2)20-16(22)10-12-4-6-13(7-5-12)21(24)25/h4-7,11H,3,8-10H2,1-2H3,(H,20,22). The first-order chi connectivity index (χ1) is 12.9. The smallest absolute Gasteiger partial charge is 0.341 e. The molecule has 0 fully saturated rings. The van der Waals surface area contributed by atoms with Crippen molar-refractivity contribution >= 4 is 33.9 Å². The quantitative estimate of drug-likeness (QED) is 0.478. The van der Waals surface area contributed by atoms with E-state index >= 15 is 0 Å². The summed E-state index contributed by atoms with van der Waals surface area (Å²) in [5.74, 6) is -0.168. The maximum atomic E-state index is 12.5. The van der Waals surface area contributed by atoms with Crippen LogP contribution in [0, 0.1) is 16.0 Å². The van der Waals surface area contributed by atoms with Gasteiger partial charge in [0.25, 0.3) is 5.69 Å². The lowest BCUT2D eigenvalue weighted by atomic mass is 9.88. The molecule has 1 aliphatic rings. The Bertz CT molecular complexity index is 888. The number of nitro benzene ring substituents is 1. The minimum Gasteiger partial charge on any atom is -0.465 e. The number of rotatable bonds is 5. The van der Waals surface area contributed by atoms with Crippen LogP contribution in [0.3, 0.4) is 0 Å². The fraction of sp³-hybridized carbons (Fsp3) is 0.368. The zero-order valence-electron chi connectivity index (χ0n) is 15.1. The van der Waals surface area contributed by atoms with Crippen molar-refractivity contribution in [3.8, 4) is 0 Å². The highest BCUT2D eigenvalue weighted by molar-refractivity contribution is 7.17. The van der Waals surface area contributed by atoms with Crippen LogP contribution in [0.25, 0.3) is 0 Å². The number of fused-ring (bicyclic) bond motifs is 1. The summed E-state index contributed by atoms with van der Waals surface area (Å²) in [6.07, 6.45) is 2.76. The van der Waals surface area contributed by atoms with Crippen LogP contribution in [-0.2, 0) is 28.8 Å². The molecule has 1 heterocycles. The second-order valence-corrected chi connectivity index (χ2v) is 7.80. The number of carbonyl (C=O) groups is 2. The normalized spacial score (nSPS) is 15.7. The van der Waals surface area contributed by atoms with Crippen LogP contribution in [0.2, 0.25) is 0 Å². The fourth-order valence-electron chi connectivity index (χ4n) is 3.25. The molecular weight excluding hydrogens is 368 g/mol. The Morgan fingerprint density at radius 3 is 2.67 bits per heavy atom. The van der Waals surface area contributed by atoms with Gasteiger partial charge in [0.05, 0.1) is 24.0 Å². The van der Waals surface area contributed by atoms with Gasteiger partial charge in [0.15, 0.2) is 0 Å². The Labute approximate surface area is 160 Å². The van der Waals surface area contributed by atoms with Gasteiger partial charge in [-0.2, -0.15) is 0 Å². The van der Waals surface area contributed by atoms with Gasteiger partial charge in [-0.05, 0) is 36.3 Å². The van der Waals surface area contributed by atoms with Crippen molar-refractivity contribution in [2.75, 3.05) is 12.4 Å². The van der Waals surface area contributed by atoms with E-state index in [0.717, 1.165) is 29.7 Å². The maximum Gasteiger partial charge on any atom is 0.341 e. The summed E-state index contributed by atoms with van der Waals surface area (Å²) in [7, 11) is 1.33. The average Bonchev–Trinajstić information content (AvgIpc) is 2.98. The molecule has 3 rings (SSSR count). The topological polar surface area (TPSA) is 98.5 Å². The number of amides is 1. The highest BCUT2D eigenvalue weighted by Gasteiger charge is 2.28. The molecule has 8 heteroatoms. The SMILES string of the molecule is COC(=O)c1c(NC(=O)Cc2ccc([N+](=O)[O-])cc2)sc2c1CCC(C)C2. The molecule has 1 amide bonds. The van der Waals surface area contributed by atoms with E-state index in [-0.39, 0.29) is 18.0 Å². The van der Waals surface area contributed by atoms with Crippen molar-refractivity contribution in [2.45, 2.75) is 32.6 Å². The van der Waals surface area contributed by atoms with Gasteiger partial charge >= 0.3 is 5.97 Å². The highest BCUT2D eigenvalue weighted by atomic mass is 32.1. The number of benzene rings is 1. The number of carbonyl (C=O) groups excluding carboxylic acids is 2. The van der Waals surface area contributed by atoms with E-state index in [9.17, 15) is 19.7 Å². The second kappa shape index (κ2) is 7.87. The van der Waals surface area contributed by atoms with E-state index in [0.29, 0.717) is 22.0 Å². The van der Waals surface area contributed by atoms with Crippen LogP contribution >= 0.6 is 11.3 Å². The van der Waals surface area contributed by atoms with Crippen LogP contribution < -0.4 is 5.32 Å². The number of methoxy groups -OCH3 is 1. The van der Waals surface area contributed by atoms with Crippen molar-refractivity contribution in [3.63, 3.8) is 0 Å². The number of nitrogens with zero attached hydrogens (tertiary/aromatic N) is 1. The third-order valence-corrected chi connectivity index (χ3v) is 5.84. The Hall–Kier alpha value is -2.74. The summed E-state index contributed by atoms with van der Waals surface area (Å²) in [5, 5.41) is 14.1. The number of esters is 1. The van der Waals surface area contributed by atoms with E-state index in [4.69, 9.17) is 4.74 Å². The molecule has 7 nitrogen and oxygen atoms in total. The van der Waals surface area contributed by atoms with E-state index in [1.54, 1.807) is 12.1 Å². The second-order valence-electron chi connectivity index (χ2n) is 6.70. The Kier molecular flexibility index (Phi) is 5.55. The number of non-ortho nitro benzene ring substituents is 1. The van der Waals surface area contributed by atoms with E-state index in [1.807, 2.05) is 0 Å². The molecular formula is C19H20N2O5S. The van der Waals surface area contributed by atoms with Crippen molar-refractivity contribution < 1.29 is 19.2 Å². The maximum absolute atomic E-state index is 12.5. The van der Waals surface area contributed by atoms with Gasteiger partial charge in [0, 0.05) is 17.0 Å². The molecule has 1 aromatic heterocycles. The van der Waals surface area contributed by atoms with Crippen LogP contribution in [-0.4, -0.2) is 23.9 Å². The minimum atomic E-state index is -0.482. The van der Waals surface area contributed by atoms with E-state index in [2.05, 4.69) is 12.2 Å². The first-order valence-electron chi connectivity index (χ1n) is 8.65. The lowest BCUT2D eigenvalue weighted by Crippen LogP contribution is -2.17. The van der Waals surface area contributed by atoms with Gasteiger partial charge in [0.1, 0.15) is 5.00 Å². The number of hydrogen-bond donors (Lipinski definition) is 1. The lowest BCUT2D eigenvalue weighted by Gasteiger charge is -2.18. The molecule has 0 aliphatic heterocycles. The summed E-state index contributed by atoms with van der Waals surface area (Å²) >= 11 is 1.43. The predicted molar refractivity (Wildman–Crippen MR) is 102 cm³/mol. The number of nitrogens with one attached hydrogen (secondary N) is 1. The zero-order valence-corrected chi connectivity index (χ0v) is 15.9. The first-order valence-corrected chi connectivity index (χ1v) is 9.46. The van der Waals surface area contributed by atoms with Crippen molar-refractivity contribution in [1.29, 1.82) is 0 Å². The number of anilines is 1. The van der Waals surface area contributed by atoms with E-state index < -0.39 is 10.9 Å². The van der Waals surface area contributed by atoms with Gasteiger partial charge < -0.3 is 10.1 Å². The summed E-state index contributed by atoms with van der Waals surface area (Å²) < 4.78 is 4.92. The Balaban J connectivity index is 1.79. The highest BCUT2D eigenvalue weighted by Crippen LogP contribution is 2.40. The zero-order chi connectivity index (χ0) is 19.6. The molecule has 1 aromatic carbocycles. The molecule has 0 saturated carbocycles. The molecule has 0 radical (unpaired) electrons. The largest absolute Gasteiger partial charge is 0.465 e. The molecule has 1 aliphatic carbocycles. The number of ether oxygens (including phenoxy) is 1. The van der Waals surface area contributed by atoms with Gasteiger partial charge in [-0.15, -0.1) is 11.3 Å². The van der Waals surface area contributed by atoms with Crippen molar-refractivity contribution in [3.05, 3.63) is 55.9 Å². The van der Waals surface area contributed by atoms with Crippen LogP contribution in [0.1, 0.15) is 39.7 Å². The van der Waals surface area contributed by atoms with Crippen molar-refractivity contribution in [1.82, 2.24) is 0 Å². The number of hydrogen-bond acceptors (Lipinski definition) is 6. The summed E-state index contributed by atoms with van der Waals surface area (Å²) in [4.78, 5) is 36.1. The molecule has 1 N–H and O–H groups in total. The molecule has 0 bridgehead atoms. The molecule has 2 aromatic rings. The molecule has 27 heavy (non-hydrogen) atoms. The van der Waals surface area contributed by atoms with Crippen molar-refractivity contribution in [2.24, 2.45) is 5.92 Å². The fourth-order valence-corrected chi connectivity index (χ4v) is 4.66. The molecule has 1 unspecified atom stereocenters. The molecule has 142 valence electrons. The summed E-state index contributed by atoms with van der Waals surface area (Å²) in [6.45, 7) is 2.17. The molecule has 0 saturated heterocycles. The number of nitro groups is 1. The van der Waals surface area contributed by atoms with Crippen LogP contribution in [0.15, 0.2) is 24.3 Å². The third-order valence-electron chi connectivity index (χ3n) is 4.67. The third kappa shape index (κ3) is 4.16. The first kappa shape index (κ1) is 19.0. The van der Waals surface area contributed by atoms with E-state index in [1.165, 1.54) is 30.6 Å². The molecule has 0 spiro atoms. The number of thiophene rings is 1. The molecule has 1 atom stereocenters. The minimum absolute atomic E-state index is 0.0211. The van der Waals surface area contributed by atoms with Crippen LogP contribution in [0.4, 0.5) is 10.7 Å². The lowest BCUT2D eigenvalue weighted by molar-refractivity contribution is -0.384. The summed E-state index contributed by atoms with van der Waals surface area (Å²) in [6, 6.07) is 5.85. The summed E-state index contributed by atoms with van der Waals surface area (Å²) in [5.41, 5.74) is 2.08.